The van der Waals surface area contributed by atoms with E-state index in [-0.39, 0.29) is 0 Å². The van der Waals surface area contributed by atoms with Gasteiger partial charge in [0.25, 0.3) is 0 Å². The van der Waals surface area contributed by atoms with Crippen molar-refractivity contribution in [1.29, 1.82) is 0 Å². The second-order valence-electron chi connectivity index (χ2n) is 4.93. The van der Waals surface area contributed by atoms with Crippen molar-refractivity contribution in [3.05, 3.63) is 0 Å². The summed E-state index contributed by atoms with van der Waals surface area (Å²) in [5.74, 6) is 1.20. The van der Waals surface area contributed by atoms with Gasteiger partial charge in [0.1, 0.15) is 0 Å². The van der Waals surface area contributed by atoms with Gasteiger partial charge < -0.3 is 15.8 Å². The summed E-state index contributed by atoms with van der Waals surface area (Å²) in [5, 5.41) is 3.33. The maximum atomic E-state index is 5.88. The van der Waals surface area contributed by atoms with Crippen LogP contribution in [0.2, 0.25) is 0 Å². The molecule has 1 saturated heterocycles. The Labute approximate surface area is 97.6 Å². The number of hydrogen-bond acceptors (Lipinski definition) is 2. The van der Waals surface area contributed by atoms with E-state index in [1.165, 1.54) is 32.1 Å². The maximum absolute atomic E-state index is 5.88. The average Bonchev–Trinajstić information content (AvgIpc) is 2.81. The molecule has 1 heterocycles. The van der Waals surface area contributed by atoms with E-state index in [1.54, 1.807) is 0 Å². The second-order valence-corrected chi connectivity index (χ2v) is 4.93. The zero-order chi connectivity index (χ0) is 11.2. The molecule has 0 aromatic carbocycles. The van der Waals surface area contributed by atoms with Crippen molar-refractivity contribution >= 4 is 5.96 Å². The normalized spacial score (nSPS) is 28.2. The van der Waals surface area contributed by atoms with E-state index in [0.717, 1.165) is 26.2 Å². The first-order valence-corrected chi connectivity index (χ1v) is 6.49. The number of nitrogens with zero attached hydrogens (tertiary/aromatic N) is 1. The Balaban J connectivity index is 1.68. The Morgan fingerprint density at radius 3 is 2.75 bits per heavy atom. The minimum Gasteiger partial charge on any atom is -0.381 e. The molecule has 1 unspecified atom stereocenters. The quantitative estimate of drug-likeness (QED) is 0.561. The molecule has 0 amide bonds. The third-order valence-corrected chi connectivity index (χ3v) is 3.50. The molecule has 1 aliphatic heterocycles. The van der Waals surface area contributed by atoms with Crippen molar-refractivity contribution in [2.24, 2.45) is 16.6 Å². The third kappa shape index (κ3) is 3.67. The highest BCUT2D eigenvalue weighted by Crippen LogP contribution is 2.17. The molecule has 0 radical (unpaired) electrons. The fraction of sp³-hybridized carbons (Fsp3) is 0.917. The van der Waals surface area contributed by atoms with E-state index in [4.69, 9.17) is 10.5 Å². The summed E-state index contributed by atoms with van der Waals surface area (Å²) in [6, 6.07) is 0.553. The average molecular weight is 225 g/mol. The van der Waals surface area contributed by atoms with Gasteiger partial charge in [-0.05, 0) is 19.3 Å². The molecule has 2 aliphatic rings. The van der Waals surface area contributed by atoms with Gasteiger partial charge in [-0.2, -0.15) is 0 Å². The smallest absolute Gasteiger partial charge is 0.188 e. The number of guanidine groups is 1. The lowest BCUT2D eigenvalue weighted by molar-refractivity contribution is 0.187. The monoisotopic (exact) mass is 225 g/mol. The van der Waals surface area contributed by atoms with Crippen LogP contribution >= 0.6 is 0 Å². The first-order chi connectivity index (χ1) is 7.84. The van der Waals surface area contributed by atoms with E-state index in [2.05, 4.69) is 10.3 Å². The van der Waals surface area contributed by atoms with Crippen molar-refractivity contribution in [2.45, 2.75) is 44.6 Å². The summed E-state index contributed by atoms with van der Waals surface area (Å²) in [6.07, 6.45) is 7.61. The highest BCUT2D eigenvalue weighted by molar-refractivity contribution is 5.78. The number of hydrogen-bond donors (Lipinski definition) is 2. The van der Waals surface area contributed by atoms with Crippen LogP contribution in [0.4, 0.5) is 0 Å². The fourth-order valence-electron chi connectivity index (χ4n) is 2.46. The van der Waals surface area contributed by atoms with E-state index < -0.39 is 0 Å². The van der Waals surface area contributed by atoms with Gasteiger partial charge in [0.15, 0.2) is 5.96 Å². The highest BCUT2D eigenvalue weighted by atomic mass is 16.5. The van der Waals surface area contributed by atoms with Crippen LogP contribution in [0.5, 0.6) is 0 Å². The lowest BCUT2D eigenvalue weighted by atomic mass is 9.96. The third-order valence-electron chi connectivity index (χ3n) is 3.50. The van der Waals surface area contributed by atoms with Gasteiger partial charge in [0, 0.05) is 25.1 Å². The molecular weight excluding hydrogens is 202 g/mol. The first kappa shape index (κ1) is 11.7. The molecular formula is C12H23N3O. The van der Waals surface area contributed by atoms with Crippen molar-refractivity contribution < 1.29 is 4.74 Å². The standard InChI is InChI=1S/C12H23N3O/c13-12(14-8-10-6-7-16-9-10)15-11-4-2-1-3-5-11/h10-11H,1-9H2,(H3,13,14,15). The van der Waals surface area contributed by atoms with Crippen LogP contribution in [0, 0.1) is 5.92 Å². The topological polar surface area (TPSA) is 59.6 Å². The molecule has 92 valence electrons. The van der Waals surface area contributed by atoms with Crippen molar-refractivity contribution in [3.8, 4) is 0 Å². The summed E-state index contributed by atoms with van der Waals surface area (Å²) in [5.41, 5.74) is 5.88. The number of nitrogens with one attached hydrogen (secondary N) is 1. The van der Waals surface area contributed by atoms with Gasteiger partial charge in [-0.1, -0.05) is 19.3 Å². The minimum atomic E-state index is 0.553. The van der Waals surface area contributed by atoms with Crippen molar-refractivity contribution in [3.63, 3.8) is 0 Å². The Morgan fingerprint density at radius 2 is 2.06 bits per heavy atom. The van der Waals surface area contributed by atoms with Crippen LogP contribution in [-0.4, -0.2) is 31.8 Å². The molecule has 3 N–H and O–H groups in total. The molecule has 1 atom stereocenters. The van der Waals surface area contributed by atoms with Gasteiger partial charge in [-0.25, -0.2) is 0 Å². The zero-order valence-corrected chi connectivity index (χ0v) is 9.95. The van der Waals surface area contributed by atoms with Gasteiger partial charge in [0.05, 0.1) is 6.61 Å². The Bertz CT molecular complexity index is 230. The van der Waals surface area contributed by atoms with E-state index in [9.17, 15) is 0 Å². The molecule has 0 aromatic rings. The lowest BCUT2D eigenvalue weighted by Crippen LogP contribution is -2.41. The Kier molecular flexibility index (Phi) is 4.45. The number of nitrogens with two attached hydrogens (primary N) is 1. The number of rotatable bonds is 3. The summed E-state index contributed by atoms with van der Waals surface area (Å²) in [7, 11) is 0. The fourth-order valence-corrected chi connectivity index (χ4v) is 2.46. The molecule has 16 heavy (non-hydrogen) atoms. The van der Waals surface area contributed by atoms with Crippen LogP contribution < -0.4 is 11.1 Å². The minimum absolute atomic E-state index is 0.553. The highest BCUT2D eigenvalue weighted by Gasteiger charge is 2.16. The molecule has 0 bridgehead atoms. The summed E-state index contributed by atoms with van der Waals surface area (Å²) in [4.78, 5) is 4.40. The summed E-state index contributed by atoms with van der Waals surface area (Å²) < 4.78 is 5.31. The van der Waals surface area contributed by atoms with Gasteiger partial charge in [0.2, 0.25) is 0 Å². The van der Waals surface area contributed by atoms with E-state index in [1.807, 2.05) is 0 Å². The summed E-state index contributed by atoms with van der Waals surface area (Å²) >= 11 is 0. The zero-order valence-electron chi connectivity index (χ0n) is 9.95. The second kappa shape index (κ2) is 6.09. The predicted octanol–water partition coefficient (Wildman–Crippen LogP) is 1.26. The van der Waals surface area contributed by atoms with Crippen LogP contribution in [0.25, 0.3) is 0 Å². The van der Waals surface area contributed by atoms with E-state index >= 15 is 0 Å². The predicted molar refractivity (Wildman–Crippen MR) is 65.4 cm³/mol. The Morgan fingerprint density at radius 1 is 1.25 bits per heavy atom. The lowest BCUT2D eigenvalue weighted by Gasteiger charge is -2.23. The summed E-state index contributed by atoms with van der Waals surface area (Å²) in [6.45, 7) is 2.54. The molecule has 4 nitrogen and oxygen atoms in total. The van der Waals surface area contributed by atoms with Crippen LogP contribution in [-0.2, 0) is 4.74 Å². The molecule has 0 spiro atoms. The van der Waals surface area contributed by atoms with Crippen LogP contribution in [0.1, 0.15) is 38.5 Å². The van der Waals surface area contributed by atoms with Crippen molar-refractivity contribution in [1.82, 2.24) is 5.32 Å². The molecule has 0 aromatic heterocycles. The molecule has 2 rings (SSSR count). The van der Waals surface area contributed by atoms with Crippen molar-refractivity contribution in [2.75, 3.05) is 19.8 Å². The number of ether oxygens (including phenoxy) is 1. The largest absolute Gasteiger partial charge is 0.381 e. The molecule has 4 heteroatoms. The number of aliphatic imine (C=N–C) groups is 1. The van der Waals surface area contributed by atoms with Gasteiger partial charge in [-0.3, -0.25) is 4.99 Å². The SMILES string of the molecule is NC(=NCC1CCOC1)NC1CCCCC1. The molecule has 1 saturated carbocycles. The Hall–Kier alpha value is -0.770. The maximum Gasteiger partial charge on any atom is 0.188 e. The first-order valence-electron chi connectivity index (χ1n) is 6.49. The van der Waals surface area contributed by atoms with Gasteiger partial charge >= 0.3 is 0 Å². The molecule has 1 aliphatic carbocycles. The van der Waals surface area contributed by atoms with Crippen LogP contribution in [0.15, 0.2) is 4.99 Å². The van der Waals surface area contributed by atoms with Crippen LogP contribution in [0.3, 0.4) is 0 Å². The van der Waals surface area contributed by atoms with E-state index in [0.29, 0.717) is 17.9 Å². The van der Waals surface area contributed by atoms with Gasteiger partial charge in [-0.15, -0.1) is 0 Å². The molecule has 2 fully saturated rings.